The first-order valence-electron chi connectivity index (χ1n) is 7.97. The van der Waals surface area contributed by atoms with Gasteiger partial charge in [0.1, 0.15) is 5.56 Å². The zero-order valence-electron chi connectivity index (χ0n) is 13.5. The van der Waals surface area contributed by atoms with Crippen LogP contribution in [0.3, 0.4) is 0 Å². The number of fused-ring (bicyclic) bond motifs is 2. The number of anilines is 1. The number of amides is 1. The molecular formula is C19H15N3O2S. The molecule has 0 bridgehead atoms. The van der Waals surface area contributed by atoms with Gasteiger partial charge in [-0.15, -0.1) is 0 Å². The molecule has 6 heteroatoms. The van der Waals surface area contributed by atoms with Crippen molar-refractivity contribution in [3.05, 3.63) is 70.0 Å². The molecule has 0 aliphatic carbocycles. The highest BCUT2D eigenvalue weighted by atomic mass is 32.1. The van der Waals surface area contributed by atoms with E-state index >= 15 is 0 Å². The minimum Gasteiger partial charge on any atom is -0.360 e. The van der Waals surface area contributed by atoms with Crippen LogP contribution in [0.2, 0.25) is 0 Å². The number of H-pyrrole nitrogens is 1. The van der Waals surface area contributed by atoms with Crippen molar-refractivity contribution in [1.29, 1.82) is 0 Å². The van der Waals surface area contributed by atoms with Crippen molar-refractivity contribution < 1.29 is 4.79 Å². The summed E-state index contributed by atoms with van der Waals surface area (Å²) in [7, 11) is 0. The van der Waals surface area contributed by atoms with Crippen LogP contribution in [-0.2, 0) is 6.42 Å². The molecule has 2 aromatic carbocycles. The van der Waals surface area contributed by atoms with Gasteiger partial charge in [0.15, 0.2) is 5.13 Å². The van der Waals surface area contributed by atoms with Gasteiger partial charge in [-0.2, -0.15) is 0 Å². The summed E-state index contributed by atoms with van der Waals surface area (Å²) in [5.41, 5.74) is 2.55. The van der Waals surface area contributed by atoms with Crippen LogP contribution in [0.4, 0.5) is 5.13 Å². The standard InChI is InChI=1S/C19H15N3O2S/c1-2-11-7-8-15-16(9-11)25-19(21-15)22-18(24)13-10-20-14-6-4-3-5-12(14)17(13)23/h3-10H,2H2,1H3,(H,20,23)(H,21,22,24). The van der Waals surface area contributed by atoms with Gasteiger partial charge in [0.2, 0.25) is 5.43 Å². The zero-order chi connectivity index (χ0) is 17.4. The van der Waals surface area contributed by atoms with Crippen molar-refractivity contribution >= 4 is 43.5 Å². The second-order valence-electron chi connectivity index (χ2n) is 5.71. The molecule has 0 spiro atoms. The van der Waals surface area contributed by atoms with Gasteiger partial charge < -0.3 is 4.98 Å². The summed E-state index contributed by atoms with van der Waals surface area (Å²) in [5.74, 6) is -0.457. The van der Waals surface area contributed by atoms with Gasteiger partial charge in [0, 0.05) is 17.1 Å². The van der Waals surface area contributed by atoms with Crippen molar-refractivity contribution in [3.8, 4) is 0 Å². The van der Waals surface area contributed by atoms with E-state index in [9.17, 15) is 9.59 Å². The predicted octanol–water partition coefficient (Wildman–Crippen LogP) is 3.95. The number of hydrogen-bond acceptors (Lipinski definition) is 4. The van der Waals surface area contributed by atoms with Gasteiger partial charge >= 0.3 is 0 Å². The molecule has 2 heterocycles. The molecule has 0 saturated carbocycles. The number of nitrogens with zero attached hydrogens (tertiary/aromatic N) is 1. The number of aryl methyl sites for hydroxylation is 1. The van der Waals surface area contributed by atoms with Gasteiger partial charge in [-0.3, -0.25) is 14.9 Å². The Morgan fingerprint density at radius 1 is 1.24 bits per heavy atom. The number of aromatic amines is 1. The fourth-order valence-corrected chi connectivity index (χ4v) is 3.67. The van der Waals surface area contributed by atoms with Gasteiger partial charge in [0.05, 0.1) is 10.2 Å². The van der Waals surface area contributed by atoms with Crippen LogP contribution in [-0.4, -0.2) is 15.9 Å². The molecule has 0 fully saturated rings. The van der Waals surface area contributed by atoms with Gasteiger partial charge in [0.25, 0.3) is 5.91 Å². The van der Waals surface area contributed by atoms with Crippen LogP contribution in [0.15, 0.2) is 53.5 Å². The lowest BCUT2D eigenvalue weighted by Crippen LogP contribution is -2.21. The number of hydrogen-bond donors (Lipinski definition) is 2. The van der Waals surface area contributed by atoms with Gasteiger partial charge in [-0.1, -0.05) is 36.5 Å². The minimum absolute atomic E-state index is 0.0761. The Morgan fingerprint density at radius 3 is 2.92 bits per heavy atom. The third kappa shape index (κ3) is 2.81. The van der Waals surface area contributed by atoms with Crippen LogP contribution < -0.4 is 10.7 Å². The van der Waals surface area contributed by atoms with Crippen LogP contribution in [0.5, 0.6) is 0 Å². The Kier molecular flexibility index (Phi) is 3.82. The molecule has 0 radical (unpaired) electrons. The van der Waals surface area contributed by atoms with E-state index in [1.165, 1.54) is 23.1 Å². The number of carbonyl (C=O) groups is 1. The average molecular weight is 349 g/mol. The quantitative estimate of drug-likeness (QED) is 0.588. The van der Waals surface area contributed by atoms with Crippen LogP contribution in [0, 0.1) is 0 Å². The molecule has 0 atom stereocenters. The summed E-state index contributed by atoms with van der Waals surface area (Å²) in [5, 5.41) is 3.72. The smallest absolute Gasteiger partial charge is 0.262 e. The number of nitrogens with one attached hydrogen (secondary N) is 2. The predicted molar refractivity (Wildman–Crippen MR) is 102 cm³/mol. The minimum atomic E-state index is -0.457. The summed E-state index contributed by atoms with van der Waals surface area (Å²) in [6.07, 6.45) is 2.39. The molecule has 0 aliphatic rings. The lowest BCUT2D eigenvalue weighted by atomic mass is 10.1. The fourth-order valence-electron chi connectivity index (χ4n) is 2.74. The first-order chi connectivity index (χ1) is 12.2. The maximum Gasteiger partial charge on any atom is 0.262 e. The molecule has 0 unspecified atom stereocenters. The number of benzene rings is 2. The zero-order valence-corrected chi connectivity index (χ0v) is 14.3. The van der Waals surface area contributed by atoms with Crippen molar-refractivity contribution in [1.82, 2.24) is 9.97 Å². The van der Waals surface area contributed by atoms with E-state index in [0.717, 1.165) is 16.6 Å². The molecule has 124 valence electrons. The molecule has 5 nitrogen and oxygen atoms in total. The molecule has 4 rings (SSSR count). The normalized spacial score (nSPS) is 11.1. The van der Waals surface area contributed by atoms with E-state index < -0.39 is 5.91 Å². The van der Waals surface area contributed by atoms with E-state index in [0.29, 0.717) is 16.0 Å². The first kappa shape index (κ1) is 15.5. The second-order valence-corrected chi connectivity index (χ2v) is 6.74. The summed E-state index contributed by atoms with van der Waals surface area (Å²) >= 11 is 1.40. The van der Waals surface area contributed by atoms with Crippen LogP contribution in [0.25, 0.3) is 21.1 Å². The summed E-state index contributed by atoms with van der Waals surface area (Å²) in [6.45, 7) is 2.09. The Balaban J connectivity index is 1.68. The lowest BCUT2D eigenvalue weighted by Gasteiger charge is -2.03. The van der Waals surface area contributed by atoms with E-state index in [-0.39, 0.29) is 11.0 Å². The molecular weight excluding hydrogens is 334 g/mol. The largest absolute Gasteiger partial charge is 0.360 e. The van der Waals surface area contributed by atoms with Crippen molar-refractivity contribution in [2.24, 2.45) is 0 Å². The lowest BCUT2D eigenvalue weighted by molar-refractivity contribution is 0.102. The molecule has 2 aromatic heterocycles. The Bertz CT molecular complexity index is 1160. The number of pyridine rings is 1. The number of para-hydroxylation sites is 1. The van der Waals surface area contributed by atoms with Crippen molar-refractivity contribution in [2.45, 2.75) is 13.3 Å². The third-order valence-corrected chi connectivity index (χ3v) is 5.05. The van der Waals surface area contributed by atoms with E-state index in [1.54, 1.807) is 18.2 Å². The van der Waals surface area contributed by atoms with Crippen molar-refractivity contribution in [3.63, 3.8) is 0 Å². The first-order valence-corrected chi connectivity index (χ1v) is 8.78. The van der Waals surface area contributed by atoms with Crippen LogP contribution in [0.1, 0.15) is 22.8 Å². The highest BCUT2D eigenvalue weighted by molar-refractivity contribution is 7.22. The molecule has 0 saturated heterocycles. The number of thiazole rings is 1. The number of aromatic nitrogens is 2. The third-order valence-electron chi connectivity index (χ3n) is 4.11. The molecule has 0 aliphatic heterocycles. The molecule has 4 aromatic rings. The topological polar surface area (TPSA) is 74.8 Å². The fraction of sp³-hybridized carbons (Fsp3) is 0.105. The van der Waals surface area contributed by atoms with E-state index in [2.05, 4.69) is 28.3 Å². The number of carbonyl (C=O) groups excluding carboxylic acids is 1. The number of rotatable bonds is 3. The highest BCUT2D eigenvalue weighted by Gasteiger charge is 2.15. The maximum absolute atomic E-state index is 12.5. The Morgan fingerprint density at radius 2 is 2.08 bits per heavy atom. The van der Waals surface area contributed by atoms with E-state index in [1.807, 2.05) is 18.2 Å². The SMILES string of the molecule is CCc1ccc2nc(NC(=O)c3c[nH]c4ccccc4c3=O)sc2c1. The maximum atomic E-state index is 12.5. The molecule has 1 amide bonds. The van der Waals surface area contributed by atoms with E-state index in [4.69, 9.17) is 0 Å². The molecule has 25 heavy (non-hydrogen) atoms. The highest BCUT2D eigenvalue weighted by Crippen LogP contribution is 2.27. The van der Waals surface area contributed by atoms with Gasteiger partial charge in [-0.05, 0) is 36.2 Å². The average Bonchev–Trinajstić information content (AvgIpc) is 3.03. The van der Waals surface area contributed by atoms with Crippen molar-refractivity contribution in [2.75, 3.05) is 5.32 Å². The Labute approximate surface area is 147 Å². The summed E-state index contributed by atoms with van der Waals surface area (Å²) in [6, 6.07) is 13.2. The molecule has 2 N–H and O–H groups in total. The van der Waals surface area contributed by atoms with Crippen LogP contribution >= 0.6 is 11.3 Å². The summed E-state index contributed by atoms with van der Waals surface area (Å²) < 4.78 is 1.02. The Hall–Kier alpha value is -2.99. The monoisotopic (exact) mass is 349 g/mol. The second kappa shape index (κ2) is 6.14. The summed E-state index contributed by atoms with van der Waals surface area (Å²) in [4.78, 5) is 32.4. The van der Waals surface area contributed by atoms with Gasteiger partial charge in [-0.25, -0.2) is 4.98 Å².